The minimum Gasteiger partial charge on any atom is -0.468 e. The maximum atomic E-state index is 5.70. The van der Waals surface area contributed by atoms with Gasteiger partial charge in [0, 0.05) is 11.6 Å². The van der Waals surface area contributed by atoms with Crippen LogP contribution in [0.5, 0.6) is 5.88 Å². The highest BCUT2D eigenvalue weighted by atomic mass is 16.5. The Morgan fingerprint density at radius 3 is 2.80 bits per heavy atom. The summed E-state index contributed by atoms with van der Waals surface area (Å²) in [5.41, 5.74) is 2.19. The van der Waals surface area contributed by atoms with E-state index in [1.807, 2.05) is 27.7 Å². The SMILES string of the molecule is CC.Cc1cc(-c2nncc3c(C)c(OCc4ncn[nH]4)nn23)no1. The van der Waals surface area contributed by atoms with Crippen LogP contribution in [0, 0.1) is 13.8 Å². The first-order chi connectivity index (χ1) is 12.2. The van der Waals surface area contributed by atoms with E-state index in [9.17, 15) is 0 Å². The van der Waals surface area contributed by atoms with Crippen LogP contribution >= 0.6 is 0 Å². The fraction of sp³-hybridized carbons (Fsp3) is 0.333. The standard InChI is InChI=1S/C13H12N8O2.C2H6/c1-7-3-9(20-23-7)12-18-15-4-10-8(2)13(19-21(10)12)22-5-11-14-6-16-17-11;1-2/h3-4,6H,5H2,1-2H3,(H,14,16,17);1-2H3. The van der Waals surface area contributed by atoms with Crippen LogP contribution < -0.4 is 4.74 Å². The van der Waals surface area contributed by atoms with E-state index in [4.69, 9.17) is 9.26 Å². The van der Waals surface area contributed by atoms with Gasteiger partial charge < -0.3 is 9.26 Å². The van der Waals surface area contributed by atoms with Gasteiger partial charge in [0.05, 0.1) is 11.7 Å². The summed E-state index contributed by atoms with van der Waals surface area (Å²) in [5, 5.41) is 23.0. The van der Waals surface area contributed by atoms with Crippen molar-refractivity contribution in [2.75, 3.05) is 0 Å². The third kappa shape index (κ3) is 3.18. The van der Waals surface area contributed by atoms with Crippen molar-refractivity contribution >= 4 is 5.52 Å². The first kappa shape index (κ1) is 16.6. The minimum atomic E-state index is 0.240. The van der Waals surface area contributed by atoms with Crippen molar-refractivity contribution < 1.29 is 9.26 Å². The Hall–Kier alpha value is -3.30. The number of fused-ring (bicyclic) bond motifs is 1. The number of aromatic amines is 1. The fourth-order valence-corrected chi connectivity index (χ4v) is 2.19. The third-order valence-electron chi connectivity index (χ3n) is 3.32. The number of rotatable bonds is 4. The molecule has 0 spiro atoms. The van der Waals surface area contributed by atoms with E-state index in [2.05, 4.69) is 35.6 Å². The molecule has 4 heterocycles. The Morgan fingerprint density at radius 1 is 1.28 bits per heavy atom. The van der Waals surface area contributed by atoms with Crippen molar-refractivity contribution in [3.63, 3.8) is 0 Å². The molecular weight excluding hydrogens is 324 g/mol. The van der Waals surface area contributed by atoms with E-state index >= 15 is 0 Å². The van der Waals surface area contributed by atoms with Gasteiger partial charge in [-0.2, -0.15) is 10.2 Å². The summed E-state index contributed by atoms with van der Waals surface area (Å²) in [5.74, 6) is 2.25. The molecule has 0 bridgehead atoms. The van der Waals surface area contributed by atoms with Crippen molar-refractivity contribution in [1.82, 2.24) is 40.1 Å². The van der Waals surface area contributed by atoms with Gasteiger partial charge in [-0.3, -0.25) is 5.10 Å². The zero-order valence-corrected chi connectivity index (χ0v) is 14.4. The van der Waals surface area contributed by atoms with Crippen molar-refractivity contribution in [2.45, 2.75) is 34.3 Å². The van der Waals surface area contributed by atoms with Crippen LogP contribution in [0.2, 0.25) is 0 Å². The Kier molecular flexibility index (Phi) is 4.68. The lowest BCUT2D eigenvalue weighted by molar-refractivity contribution is 0.281. The van der Waals surface area contributed by atoms with E-state index in [0.29, 0.717) is 29.0 Å². The molecule has 0 aromatic carbocycles. The van der Waals surface area contributed by atoms with Gasteiger partial charge in [0.25, 0.3) is 0 Å². The Bertz CT molecular complexity index is 957. The highest BCUT2D eigenvalue weighted by molar-refractivity contribution is 5.62. The van der Waals surface area contributed by atoms with E-state index in [0.717, 1.165) is 11.1 Å². The molecule has 25 heavy (non-hydrogen) atoms. The summed E-state index contributed by atoms with van der Waals surface area (Å²) < 4.78 is 12.4. The number of nitrogens with one attached hydrogen (secondary N) is 1. The zero-order chi connectivity index (χ0) is 17.8. The molecule has 10 heteroatoms. The van der Waals surface area contributed by atoms with Crippen LogP contribution in [-0.2, 0) is 6.61 Å². The maximum Gasteiger partial charge on any atom is 0.237 e. The van der Waals surface area contributed by atoms with Gasteiger partial charge in [0.1, 0.15) is 18.7 Å². The summed E-state index contributed by atoms with van der Waals surface area (Å²) in [4.78, 5) is 4.01. The second-order valence-electron chi connectivity index (χ2n) is 4.94. The first-order valence-electron chi connectivity index (χ1n) is 7.84. The molecule has 0 saturated heterocycles. The average Bonchev–Trinajstić information content (AvgIpc) is 3.36. The number of ether oxygens (including phenoxy) is 1. The number of hydrogen-bond donors (Lipinski definition) is 1. The van der Waals surface area contributed by atoms with Gasteiger partial charge in [-0.05, 0) is 13.8 Å². The van der Waals surface area contributed by atoms with Gasteiger partial charge >= 0.3 is 0 Å². The summed E-state index contributed by atoms with van der Waals surface area (Å²) >= 11 is 0. The predicted molar refractivity (Wildman–Crippen MR) is 87.8 cm³/mol. The maximum absolute atomic E-state index is 5.70. The lowest BCUT2D eigenvalue weighted by Gasteiger charge is -1.99. The van der Waals surface area contributed by atoms with Crippen molar-refractivity contribution in [3.8, 4) is 17.4 Å². The quantitative estimate of drug-likeness (QED) is 0.599. The van der Waals surface area contributed by atoms with Crippen LogP contribution in [0.4, 0.5) is 0 Å². The molecule has 0 fully saturated rings. The zero-order valence-electron chi connectivity index (χ0n) is 14.4. The van der Waals surface area contributed by atoms with Gasteiger partial charge in [-0.15, -0.1) is 10.2 Å². The molecule has 0 atom stereocenters. The van der Waals surface area contributed by atoms with Crippen LogP contribution in [0.1, 0.15) is 31.0 Å². The molecule has 0 aliphatic carbocycles. The monoisotopic (exact) mass is 342 g/mol. The summed E-state index contributed by atoms with van der Waals surface area (Å²) in [6, 6.07) is 1.77. The number of hydrogen-bond acceptors (Lipinski definition) is 8. The van der Waals surface area contributed by atoms with Gasteiger partial charge in [-0.25, -0.2) is 9.50 Å². The van der Waals surface area contributed by atoms with Crippen LogP contribution in [0.25, 0.3) is 17.0 Å². The van der Waals surface area contributed by atoms with Crippen molar-refractivity contribution in [3.05, 3.63) is 35.7 Å². The van der Waals surface area contributed by atoms with E-state index in [1.54, 1.807) is 16.8 Å². The van der Waals surface area contributed by atoms with Crippen LogP contribution in [-0.4, -0.2) is 40.1 Å². The first-order valence-corrected chi connectivity index (χ1v) is 7.84. The second kappa shape index (κ2) is 7.07. The number of aromatic nitrogens is 8. The van der Waals surface area contributed by atoms with Gasteiger partial charge in [0.15, 0.2) is 11.5 Å². The molecule has 0 saturated carbocycles. The molecular formula is C15H18N8O2. The molecule has 0 radical (unpaired) electrons. The van der Waals surface area contributed by atoms with Crippen LogP contribution in [0.15, 0.2) is 23.1 Å². The highest BCUT2D eigenvalue weighted by Gasteiger charge is 2.17. The number of nitrogens with zero attached hydrogens (tertiary/aromatic N) is 7. The molecule has 4 aromatic rings. The number of H-pyrrole nitrogens is 1. The molecule has 0 aliphatic rings. The van der Waals surface area contributed by atoms with Crippen LogP contribution in [0.3, 0.4) is 0 Å². The van der Waals surface area contributed by atoms with Crippen molar-refractivity contribution in [2.24, 2.45) is 0 Å². The van der Waals surface area contributed by atoms with E-state index in [-0.39, 0.29) is 6.61 Å². The summed E-state index contributed by atoms with van der Waals surface area (Å²) in [6.07, 6.45) is 3.05. The molecule has 0 aliphatic heterocycles. The third-order valence-corrected chi connectivity index (χ3v) is 3.32. The molecule has 1 N–H and O–H groups in total. The molecule has 130 valence electrons. The van der Waals surface area contributed by atoms with E-state index < -0.39 is 0 Å². The molecule has 10 nitrogen and oxygen atoms in total. The summed E-state index contributed by atoms with van der Waals surface area (Å²) in [7, 11) is 0. The lowest BCUT2D eigenvalue weighted by Crippen LogP contribution is -2.01. The predicted octanol–water partition coefficient (Wildman–Crippen LogP) is 2.12. The van der Waals surface area contributed by atoms with Crippen molar-refractivity contribution in [1.29, 1.82) is 0 Å². The molecule has 0 unspecified atom stereocenters. The number of aryl methyl sites for hydroxylation is 2. The fourth-order valence-electron chi connectivity index (χ4n) is 2.19. The lowest BCUT2D eigenvalue weighted by atomic mass is 10.3. The van der Waals surface area contributed by atoms with E-state index in [1.165, 1.54) is 6.33 Å². The Morgan fingerprint density at radius 2 is 2.12 bits per heavy atom. The van der Waals surface area contributed by atoms with Gasteiger partial charge in [-0.1, -0.05) is 19.0 Å². The average molecular weight is 342 g/mol. The normalized spacial score (nSPS) is 10.6. The highest BCUT2D eigenvalue weighted by Crippen LogP contribution is 2.25. The Labute approximate surface area is 143 Å². The largest absolute Gasteiger partial charge is 0.468 e. The smallest absolute Gasteiger partial charge is 0.237 e. The molecule has 4 aromatic heterocycles. The van der Waals surface area contributed by atoms with Gasteiger partial charge in [0.2, 0.25) is 11.7 Å². The topological polar surface area (TPSA) is 120 Å². The second-order valence-corrected chi connectivity index (χ2v) is 4.94. The summed E-state index contributed by atoms with van der Waals surface area (Å²) in [6.45, 7) is 7.95. The Balaban J connectivity index is 0.000000880. The molecule has 4 rings (SSSR count). The molecule has 0 amide bonds. The minimum absolute atomic E-state index is 0.240.